The molecule has 7 heteroatoms. The van der Waals surface area contributed by atoms with Crippen molar-refractivity contribution >= 4 is 11.7 Å². The molecule has 1 heterocycles. The van der Waals surface area contributed by atoms with E-state index >= 15 is 0 Å². The van der Waals surface area contributed by atoms with Gasteiger partial charge in [-0.3, -0.25) is 9.48 Å². The molecule has 134 valence electrons. The van der Waals surface area contributed by atoms with E-state index in [1.165, 1.54) is 6.07 Å². The fraction of sp³-hybridized carbons (Fsp3) is 0.158. The molecule has 0 bridgehead atoms. The van der Waals surface area contributed by atoms with E-state index in [-0.39, 0.29) is 5.82 Å². The van der Waals surface area contributed by atoms with Crippen LogP contribution in [0.3, 0.4) is 0 Å². The Labute approximate surface area is 149 Å². The first kappa shape index (κ1) is 17.6. The lowest BCUT2D eigenvalue weighted by atomic mass is 10.2. The van der Waals surface area contributed by atoms with Crippen LogP contribution >= 0.6 is 0 Å². The lowest BCUT2D eigenvalue weighted by molar-refractivity contribution is 0.101. The molecule has 3 aromatic rings. The molecule has 1 amide bonds. The fourth-order valence-electron chi connectivity index (χ4n) is 2.52. The van der Waals surface area contributed by atoms with Crippen LogP contribution in [0.15, 0.2) is 54.7 Å². The molecule has 0 unspecified atom stereocenters. The Morgan fingerprint density at radius 2 is 1.85 bits per heavy atom. The molecule has 3 rings (SSSR count). The third-order valence-electron chi connectivity index (χ3n) is 3.68. The zero-order valence-corrected chi connectivity index (χ0v) is 14.1. The quantitative estimate of drug-likeness (QED) is 0.729. The third-order valence-corrected chi connectivity index (χ3v) is 3.68. The number of ether oxygens (including phenoxy) is 1. The fourth-order valence-corrected chi connectivity index (χ4v) is 2.52. The van der Waals surface area contributed by atoms with Crippen LogP contribution in [0.4, 0.5) is 14.6 Å². The van der Waals surface area contributed by atoms with Gasteiger partial charge in [0.15, 0.2) is 5.82 Å². The Morgan fingerprint density at radius 3 is 2.58 bits per heavy atom. The van der Waals surface area contributed by atoms with E-state index in [9.17, 15) is 13.6 Å². The zero-order valence-electron chi connectivity index (χ0n) is 14.1. The number of carbonyl (C=O) groups is 1. The topological polar surface area (TPSA) is 56.1 Å². The van der Waals surface area contributed by atoms with E-state index in [2.05, 4.69) is 10.4 Å². The summed E-state index contributed by atoms with van der Waals surface area (Å²) in [5, 5.41) is 6.62. The van der Waals surface area contributed by atoms with E-state index < -0.39 is 23.1 Å². The van der Waals surface area contributed by atoms with Gasteiger partial charge >= 0.3 is 0 Å². The molecule has 0 aliphatic rings. The van der Waals surface area contributed by atoms with Gasteiger partial charge in [0, 0.05) is 17.8 Å². The first-order valence-corrected chi connectivity index (χ1v) is 8.08. The predicted molar refractivity (Wildman–Crippen MR) is 93.3 cm³/mol. The molecule has 0 aliphatic carbocycles. The molecule has 2 aromatic carbocycles. The van der Waals surface area contributed by atoms with E-state index in [1.807, 2.05) is 31.2 Å². The van der Waals surface area contributed by atoms with E-state index in [4.69, 9.17) is 4.74 Å². The van der Waals surface area contributed by atoms with Gasteiger partial charge in [0.05, 0.1) is 13.2 Å². The van der Waals surface area contributed by atoms with Crippen LogP contribution in [-0.2, 0) is 6.54 Å². The second-order valence-electron chi connectivity index (χ2n) is 5.49. The van der Waals surface area contributed by atoms with Gasteiger partial charge in [0.25, 0.3) is 5.91 Å². The molecule has 5 nitrogen and oxygen atoms in total. The average molecular weight is 357 g/mol. The number of nitrogens with one attached hydrogen (secondary N) is 1. The van der Waals surface area contributed by atoms with Gasteiger partial charge in [-0.1, -0.05) is 24.3 Å². The molecular formula is C19H17F2N3O2. The van der Waals surface area contributed by atoms with Crippen molar-refractivity contribution in [3.63, 3.8) is 0 Å². The number of rotatable bonds is 6. The summed E-state index contributed by atoms with van der Waals surface area (Å²) >= 11 is 0. The third kappa shape index (κ3) is 3.88. The van der Waals surface area contributed by atoms with Crippen LogP contribution < -0.4 is 10.1 Å². The predicted octanol–water partition coefficient (Wildman–Crippen LogP) is 3.86. The summed E-state index contributed by atoms with van der Waals surface area (Å²) in [5.41, 5.74) is 0.291. The number of aromatic nitrogens is 2. The Morgan fingerprint density at radius 1 is 1.12 bits per heavy atom. The number of benzene rings is 2. The van der Waals surface area contributed by atoms with E-state index in [1.54, 1.807) is 16.9 Å². The normalized spacial score (nSPS) is 10.6. The molecule has 0 spiro atoms. The van der Waals surface area contributed by atoms with Crippen molar-refractivity contribution in [1.82, 2.24) is 9.78 Å². The summed E-state index contributed by atoms with van der Waals surface area (Å²) < 4.78 is 34.5. The van der Waals surface area contributed by atoms with Crippen molar-refractivity contribution in [3.05, 3.63) is 77.5 Å². The molecule has 0 aliphatic heterocycles. The molecular weight excluding hydrogens is 340 g/mol. The number of anilines is 1. The Kier molecular flexibility index (Phi) is 5.26. The maximum Gasteiger partial charge on any atom is 0.262 e. The number of para-hydroxylation sites is 1. The molecule has 0 fully saturated rings. The van der Waals surface area contributed by atoms with Gasteiger partial charge in [0.1, 0.15) is 22.9 Å². The summed E-state index contributed by atoms with van der Waals surface area (Å²) in [6.07, 6.45) is 1.66. The highest BCUT2D eigenvalue weighted by atomic mass is 19.1. The number of hydrogen-bond acceptors (Lipinski definition) is 3. The number of hydrogen-bond donors (Lipinski definition) is 1. The van der Waals surface area contributed by atoms with Gasteiger partial charge in [-0.05, 0) is 25.1 Å². The minimum absolute atomic E-state index is 0.201. The van der Waals surface area contributed by atoms with Crippen molar-refractivity contribution < 1.29 is 18.3 Å². The van der Waals surface area contributed by atoms with Gasteiger partial charge < -0.3 is 10.1 Å². The minimum Gasteiger partial charge on any atom is -0.494 e. The molecule has 0 saturated heterocycles. The number of carbonyl (C=O) groups excluding carboxylic acids is 1. The number of nitrogens with zero attached hydrogens (tertiary/aromatic N) is 2. The van der Waals surface area contributed by atoms with Gasteiger partial charge in [-0.25, -0.2) is 8.78 Å². The SMILES string of the molecule is CCOc1ccccc1Cn1ccc(NC(=O)c2c(F)cccc2F)n1. The van der Waals surface area contributed by atoms with Crippen LogP contribution in [0.5, 0.6) is 5.75 Å². The highest BCUT2D eigenvalue weighted by Gasteiger charge is 2.18. The summed E-state index contributed by atoms with van der Waals surface area (Å²) in [6.45, 7) is 2.88. The lowest BCUT2D eigenvalue weighted by Crippen LogP contribution is -2.16. The molecule has 1 N–H and O–H groups in total. The van der Waals surface area contributed by atoms with Crippen LogP contribution in [0.2, 0.25) is 0 Å². The zero-order chi connectivity index (χ0) is 18.5. The van der Waals surface area contributed by atoms with Gasteiger partial charge in [0.2, 0.25) is 0 Å². The second-order valence-corrected chi connectivity index (χ2v) is 5.49. The monoisotopic (exact) mass is 357 g/mol. The summed E-state index contributed by atoms with van der Waals surface area (Å²) in [5.74, 6) is -1.78. The largest absolute Gasteiger partial charge is 0.494 e. The Bertz CT molecular complexity index is 904. The smallest absolute Gasteiger partial charge is 0.262 e. The molecule has 26 heavy (non-hydrogen) atoms. The van der Waals surface area contributed by atoms with Crippen LogP contribution in [0.25, 0.3) is 0 Å². The summed E-state index contributed by atoms with van der Waals surface area (Å²) in [7, 11) is 0. The maximum absolute atomic E-state index is 13.7. The highest BCUT2D eigenvalue weighted by Crippen LogP contribution is 2.20. The number of amides is 1. The average Bonchev–Trinajstić information content (AvgIpc) is 3.03. The van der Waals surface area contributed by atoms with Crippen LogP contribution in [0, 0.1) is 11.6 Å². The van der Waals surface area contributed by atoms with Crippen molar-refractivity contribution in [2.75, 3.05) is 11.9 Å². The standard InChI is InChI=1S/C19H17F2N3O2/c1-2-26-16-9-4-3-6-13(16)12-24-11-10-17(23-24)22-19(25)18-14(20)7-5-8-15(18)21/h3-11H,2,12H2,1H3,(H,22,23,25). The van der Waals surface area contributed by atoms with Crippen LogP contribution in [0.1, 0.15) is 22.8 Å². The molecule has 0 atom stereocenters. The Hall–Kier alpha value is -3.22. The summed E-state index contributed by atoms with van der Waals surface area (Å²) in [6, 6.07) is 12.4. The van der Waals surface area contributed by atoms with E-state index in [0.29, 0.717) is 13.2 Å². The lowest BCUT2D eigenvalue weighted by Gasteiger charge is -2.10. The molecule has 1 aromatic heterocycles. The molecule has 0 saturated carbocycles. The van der Waals surface area contributed by atoms with Crippen molar-refractivity contribution in [2.24, 2.45) is 0 Å². The maximum atomic E-state index is 13.7. The summed E-state index contributed by atoms with van der Waals surface area (Å²) in [4.78, 5) is 12.1. The highest BCUT2D eigenvalue weighted by molar-refractivity contribution is 6.04. The first-order valence-electron chi connectivity index (χ1n) is 8.08. The second kappa shape index (κ2) is 7.77. The Balaban J connectivity index is 1.74. The first-order chi connectivity index (χ1) is 12.6. The van der Waals surface area contributed by atoms with Crippen molar-refractivity contribution in [2.45, 2.75) is 13.5 Å². The number of halogens is 2. The van der Waals surface area contributed by atoms with E-state index in [0.717, 1.165) is 23.4 Å². The molecule has 0 radical (unpaired) electrons. The van der Waals surface area contributed by atoms with Gasteiger partial charge in [-0.15, -0.1) is 0 Å². The van der Waals surface area contributed by atoms with Crippen LogP contribution in [-0.4, -0.2) is 22.3 Å². The van der Waals surface area contributed by atoms with Gasteiger partial charge in [-0.2, -0.15) is 5.10 Å². The van der Waals surface area contributed by atoms with Crippen molar-refractivity contribution in [3.8, 4) is 5.75 Å². The minimum atomic E-state index is -0.924. The van der Waals surface area contributed by atoms with Crippen molar-refractivity contribution in [1.29, 1.82) is 0 Å².